The fourth-order valence-electron chi connectivity index (χ4n) is 2.16. The van der Waals surface area contributed by atoms with E-state index < -0.39 is 0 Å². The van der Waals surface area contributed by atoms with E-state index in [0.717, 1.165) is 26.0 Å². The van der Waals surface area contributed by atoms with Crippen LogP contribution < -0.4 is 11.1 Å². The Hall–Kier alpha value is -0.900. The van der Waals surface area contributed by atoms with Gasteiger partial charge in [0.05, 0.1) is 6.10 Å². The van der Waals surface area contributed by atoms with Crippen molar-refractivity contribution in [1.82, 2.24) is 5.32 Å². The first-order chi connectivity index (χ1) is 8.31. The number of nitrogens with two attached hydrogens (primary N) is 1. The van der Waals surface area contributed by atoms with E-state index in [1.54, 1.807) is 0 Å². The number of hydrogen-bond donors (Lipinski definition) is 2. The summed E-state index contributed by atoms with van der Waals surface area (Å²) in [5.41, 5.74) is 8.08. The Morgan fingerprint density at radius 3 is 2.47 bits per heavy atom. The van der Waals surface area contributed by atoms with Gasteiger partial charge < -0.3 is 15.8 Å². The molecule has 17 heavy (non-hydrogen) atoms. The SMILES string of the molecule is CCOC1CC(NCc2ccc(CN)cc2)C1. The minimum Gasteiger partial charge on any atom is -0.378 e. The van der Waals surface area contributed by atoms with E-state index in [2.05, 4.69) is 36.5 Å². The van der Waals surface area contributed by atoms with Crippen molar-refractivity contribution in [3.63, 3.8) is 0 Å². The van der Waals surface area contributed by atoms with Crippen LogP contribution in [0.5, 0.6) is 0 Å². The van der Waals surface area contributed by atoms with E-state index in [9.17, 15) is 0 Å². The molecule has 3 heteroatoms. The van der Waals surface area contributed by atoms with Gasteiger partial charge in [0.1, 0.15) is 0 Å². The van der Waals surface area contributed by atoms with Crippen LogP contribution in [-0.4, -0.2) is 18.8 Å². The van der Waals surface area contributed by atoms with Crippen molar-refractivity contribution in [2.45, 2.75) is 45.0 Å². The molecule has 0 spiro atoms. The maximum absolute atomic E-state index is 5.57. The minimum atomic E-state index is 0.483. The predicted molar refractivity (Wildman–Crippen MR) is 69.6 cm³/mol. The molecule has 2 rings (SSSR count). The topological polar surface area (TPSA) is 47.3 Å². The fourth-order valence-corrected chi connectivity index (χ4v) is 2.16. The number of nitrogens with one attached hydrogen (secondary N) is 1. The molecule has 0 saturated heterocycles. The van der Waals surface area contributed by atoms with Crippen molar-refractivity contribution in [2.24, 2.45) is 5.73 Å². The largest absolute Gasteiger partial charge is 0.378 e. The van der Waals surface area contributed by atoms with Crippen LogP contribution in [0.25, 0.3) is 0 Å². The Balaban J connectivity index is 1.68. The second-order valence-electron chi connectivity index (χ2n) is 4.65. The molecule has 0 heterocycles. The van der Waals surface area contributed by atoms with E-state index in [1.165, 1.54) is 11.1 Å². The summed E-state index contributed by atoms with van der Waals surface area (Å²) in [5.74, 6) is 0. The Morgan fingerprint density at radius 2 is 1.88 bits per heavy atom. The summed E-state index contributed by atoms with van der Waals surface area (Å²) in [4.78, 5) is 0. The molecule has 0 unspecified atom stereocenters. The molecule has 0 aliphatic heterocycles. The van der Waals surface area contributed by atoms with Gasteiger partial charge in [0.2, 0.25) is 0 Å². The van der Waals surface area contributed by atoms with Gasteiger partial charge in [-0.2, -0.15) is 0 Å². The summed E-state index contributed by atoms with van der Waals surface area (Å²) < 4.78 is 5.54. The van der Waals surface area contributed by atoms with Gasteiger partial charge in [-0.15, -0.1) is 0 Å². The van der Waals surface area contributed by atoms with Gasteiger partial charge >= 0.3 is 0 Å². The van der Waals surface area contributed by atoms with Crippen molar-refractivity contribution >= 4 is 0 Å². The van der Waals surface area contributed by atoms with Crippen LogP contribution in [0, 0.1) is 0 Å². The quantitative estimate of drug-likeness (QED) is 0.789. The number of rotatable bonds is 6. The fraction of sp³-hybridized carbons (Fsp3) is 0.571. The van der Waals surface area contributed by atoms with Crippen molar-refractivity contribution in [3.8, 4) is 0 Å². The van der Waals surface area contributed by atoms with Crippen LogP contribution in [0.2, 0.25) is 0 Å². The molecule has 1 aromatic carbocycles. The summed E-state index contributed by atoms with van der Waals surface area (Å²) >= 11 is 0. The first-order valence-electron chi connectivity index (χ1n) is 6.44. The van der Waals surface area contributed by atoms with E-state index >= 15 is 0 Å². The van der Waals surface area contributed by atoms with Crippen molar-refractivity contribution in [1.29, 1.82) is 0 Å². The van der Waals surface area contributed by atoms with Crippen molar-refractivity contribution < 1.29 is 4.74 Å². The number of benzene rings is 1. The third-order valence-electron chi connectivity index (χ3n) is 3.35. The average Bonchev–Trinajstić information content (AvgIpc) is 2.32. The molecule has 1 saturated carbocycles. The van der Waals surface area contributed by atoms with Gasteiger partial charge in [0, 0.05) is 25.7 Å². The van der Waals surface area contributed by atoms with E-state index in [0.29, 0.717) is 18.7 Å². The second kappa shape index (κ2) is 6.15. The zero-order valence-corrected chi connectivity index (χ0v) is 10.5. The highest BCUT2D eigenvalue weighted by atomic mass is 16.5. The Kier molecular flexibility index (Phi) is 4.54. The highest BCUT2D eigenvalue weighted by Gasteiger charge is 2.28. The Labute approximate surface area is 103 Å². The molecule has 94 valence electrons. The zero-order chi connectivity index (χ0) is 12.1. The van der Waals surface area contributed by atoms with Crippen molar-refractivity contribution in [3.05, 3.63) is 35.4 Å². The van der Waals surface area contributed by atoms with Gasteiger partial charge in [-0.3, -0.25) is 0 Å². The van der Waals surface area contributed by atoms with Crippen LogP contribution in [0.3, 0.4) is 0 Å². The van der Waals surface area contributed by atoms with E-state index in [1.807, 2.05) is 0 Å². The molecule has 0 aromatic heterocycles. The molecule has 3 N–H and O–H groups in total. The summed E-state index contributed by atoms with van der Waals surface area (Å²) in [6.07, 6.45) is 2.78. The van der Waals surface area contributed by atoms with Crippen LogP contribution >= 0.6 is 0 Å². The van der Waals surface area contributed by atoms with Crippen LogP contribution in [0.4, 0.5) is 0 Å². The lowest BCUT2D eigenvalue weighted by Crippen LogP contribution is -2.45. The highest BCUT2D eigenvalue weighted by molar-refractivity contribution is 5.22. The zero-order valence-electron chi connectivity index (χ0n) is 10.5. The van der Waals surface area contributed by atoms with Crippen LogP contribution in [0.15, 0.2) is 24.3 Å². The third kappa shape index (κ3) is 3.53. The third-order valence-corrected chi connectivity index (χ3v) is 3.35. The monoisotopic (exact) mass is 234 g/mol. The molecule has 1 aromatic rings. The maximum atomic E-state index is 5.57. The molecule has 0 radical (unpaired) electrons. The lowest BCUT2D eigenvalue weighted by molar-refractivity contribution is -0.0102. The number of ether oxygens (including phenoxy) is 1. The Morgan fingerprint density at radius 1 is 1.24 bits per heavy atom. The molecule has 0 bridgehead atoms. The lowest BCUT2D eigenvalue weighted by Gasteiger charge is -2.35. The average molecular weight is 234 g/mol. The van der Waals surface area contributed by atoms with Crippen LogP contribution in [0.1, 0.15) is 30.9 Å². The lowest BCUT2D eigenvalue weighted by atomic mass is 9.89. The molecular formula is C14H22N2O. The van der Waals surface area contributed by atoms with Gasteiger partial charge in [0.25, 0.3) is 0 Å². The van der Waals surface area contributed by atoms with E-state index in [4.69, 9.17) is 10.5 Å². The molecule has 3 nitrogen and oxygen atoms in total. The van der Waals surface area contributed by atoms with Crippen LogP contribution in [-0.2, 0) is 17.8 Å². The normalized spacial score (nSPS) is 23.4. The summed E-state index contributed by atoms with van der Waals surface area (Å²) in [6.45, 7) is 4.44. The molecule has 1 aliphatic rings. The minimum absolute atomic E-state index is 0.483. The molecule has 0 atom stereocenters. The van der Waals surface area contributed by atoms with Gasteiger partial charge in [-0.1, -0.05) is 24.3 Å². The molecular weight excluding hydrogens is 212 g/mol. The molecule has 0 amide bonds. The van der Waals surface area contributed by atoms with Crippen molar-refractivity contribution in [2.75, 3.05) is 6.61 Å². The van der Waals surface area contributed by atoms with Gasteiger partial charge in [-0.05, 0) is 30.9 Å². The number of hydrogen-bond acceptors (Lipinski definition) is 3. The van der Waals surface area contributed by atoms with E-state index in [-0.39, 0.29) is 0 Å². The van der Waals surface area contributed by atoms with Gasteiger partial charge in [0.15, 0.2) is 0 Å². The first kappa shape index (κ1) is 12.6. The molecule has 1 aliphatic carbocycles. The first-order valence-corrected chi connectivity index (χ1v) is 6.44. The smallest absolute Gasteiger partial charge is 0.0604 e. The summed E-state index contributed by atoms with van der Waals surface area (Å²) in [7, 11) is 0. The second-order valence-corrected chi connectivity index (χ2v) is 4.65. The van der Waals surface area contributed by atoms with Gasteiger partial charge in [-0.25, -0.2) is 0 Å². The molecule has 1 fully saturated rings. The summed E-state index contributed by atoms with van der Waals surface area (Å²) in [6, 6.07) is 9.12. The Bertz CT molecular complexity index is 331. The maximum Gasteiger partial charge on any atom is 0.0604 e. The highest BCUT2D eigenvalue weighted by Crippen LogP contribution is 2.23. The summed E-state index contributed by atoms with van der Waals surface area (Å²) in [5, 5.41) is 3.55. The predicted octanol–water partition coefficient (Wildman–Crippen LogP) is 1.80. The standard InChI is InChI=1S/C14H22N2O/c1-2-17-14-7-13(8-14)16-10-12-5-3-11(9-15)4-6-12/h3-6,13-14,16H,2,7-10,15H2,1H3.